The van der Waals surface area contributed by atoms with E-state index in [1.165, 1.54) is 44.4 Å². The average molecular weight is 358 g/mol. The number of anilines is 2. The van der Waals surface area contributed by atoms with Gasteiger partial charge in [0.15, 0.2) is 5.16 Å². The summed E-state index contributed by atoms with van der Waals surface area (Å²) >= 11 is 1.46. The summed E-state index contributed by atoms with van der Waals surface area (Å²) in [4.78, 5) is 27.6. The number of amides is 2. The minimum Gasteiger partial charge on any atom is -0.326 e. The first-order valence-electron chi connectivity index (χ1n) is 8.45. The SMILES string of the molecule is CC(=O)Nc1ccc(NC(=O)CSc2nccn2C2CCCC2)cc1. The van der Waals surface area contributed by atoms with Crippen LogP contribution in [0.15, 0.2) is 41.8 Å². The molecule has 2 amide bonds. The molecule has 1 heterocycles. The molecular weight excluding hydrogens is 336 g/mol. The minimum atomic E-state index is -0.119. The second-order valence-electron chi connectivity index (χ2n) is 6.15. The van der Waals surface area contributed by atoms with Gasteiger partial charge >= 0.3 is 0 Å². The van der Waals surface area contributed by atoms with Gasteiger partial charge in [0.1, 0.15) is 0 Å². The highest BCUT2D eigenvalue weighted by molar-refractivity contribution is 7.99. The summed E-state index contributed by atoms with van der Waals surface area (Å²) in [7, 11) is 0. The normalized spacial score (nSPS) is 14.4. The number of aromatic nitrogens is 2. The number of nitrogens with one attached hydrogen (secondary N) is 2. The van der Waals surface area contributed by atoms with E-state index in [-0.39, 0.29) is 11.8 Å². The highest BCUT2D eigenvalue weighted by Gasteiger charge is 2.19. The van der Waals surface area contributed by atoms with Gasteiger partial charge in [0.05, 0.1) is 5.75 Å². The van der Waals surface area contributed by atoms with E-state index in [1.807, 2.05) is 6.20 Å². The molecule has 2 aromatic rings. The fourth-order valence-electron chi connectivity index (χ4n) is 3.04. The summed E-state index contributed by atoms with van der Waals surface area (Å²) < 4.78 is 2.20. The third-order valence-electron chi connectivity index (χ3n) is 4.17. The molecule has 0 aliphatic heterocycles. The maximum Gasteiger partial charge on any atom is 0.234 e. The molecule has 2 N–H and O–H groups in total. The predicted molar refractivity (Wildman–Crippen MR) is 99.8 cm³/mol. The van der Waals surface area contributed by atoms with Gasteiger partial charge in [-0.15, -0.1) is 0 Å². The molecule has 25 heavy (non-hydrogen) atoms. The zero-order chi connectivity index (χ0) is 17.6. The van der Waals surface area contributed by atoms with Gasteiger partial charge < -0.3 is 15.2 Å². The fourth-order valence-corrected chi connectivity index (χ4v) is 3.87. The Kier molecular flexibility index (Phi) is 5.75. The van der Waals surface area contributed by atoms with E-state index in [0.717, 1.165) is 5.16 Å². The summed E-state index contributed by atoms with van der Waals surface area (Å²) in [6.07, 6.45) is 8.73. The summed E-state index contributed by atoms with van der Waals surface area (Å²) in [6.45, 7) is 1.46. The molecule has 1 aliphatic carbocycles. The van der Waals surface area contributed by atoms with Crippen molar-refractivity contribution in [3.05, 3.63) is 36.7 Å². The summed E-state index contributed by atoms with van der Waals surface area (Å²) in [5.74, 6) is 0.126. The molecule has 1 aromatic carbocycles. The van der Waals surface area contributed by atoms with Crippen LogP contribution in [0.2, 0.25) is 0 Å². The molecular formula is C18H22N4O2S. The lowest BCUT2D eigenvalue weighted by Crippen LogP contribution is -2.15. The van der Waals surface area contributed by atoms with Gasteiger partial charge in [-0.05, 0) is 37.1 Å². The first kappa shape index (κ1) is 17.5. The van der Waals surface area contributed by atoms with Crippen molar-refractivity contribution in [2.24, 2.45) is 0 Å². The average Bonchev–Trinajstić information content (AvgIpc) is 3.25. The molecule has 132 valence electrons. The maximum atomic E-state index is 12.2. The number of rotatable bonds is 6. The van der Waals surface area contributed by atoms with Crippen LogP contribution in [0.4, 0.5) is 11.4 Å². The second kappa shape index (κ2) is 8.20. The van der Waals surface area contributed by atoms with Crippen LogP contribution in [-0.2, 0) is 9.59 Å². The van der Waals surface area contributed by atoms with E-state index in [0.29, 0.717) is 23.2 Å². The highest BCUT2D eigenvalue weighted by Crippen LogP contribution is 2.32. The van der Waals surface area contributed by atoms with E-state index in [9.17, 15) is 9.59 Å². The lowest BCUT2D eigenvalue weighted by atomic mass is 10.2. The van der Waals surface area contributed by atoms with Crippen LogP contribution >= 0.6 is 11.8 Å². The molecule has 6 nitrogen and oxygen atoms in total. The topological polar surface area (TPSA) is 76.0 Å². The number of carbonyl (C=O) groups excluding carboxylic acids is 2. The van der Waals surface area contributed by atoms with Crippen molar-refractivity contribution in [2.45, 2.75) is 43.8 Å². The van der Waals surface area contributed by atoms with Gasteiger partial charge in [0.2, 0.25) is 11.8 Å². The standard InChI is InChI=1S/C18H22N4O2S/c1-13(23)20-14-6-8-15(9-7-14)21-17(24)12-25-18-19-10-11-22(18)16-4-2-3-5-16/h6-11,16H,2-5,12H2,1H3,(H,20,23)(H,21,24). The Labute approximate surface area is 151 Å². The van der Waals surface area contributed by atoms with Gasteiger partial charge in [-0.2, -0.15) is 0 Å². The van der Waals surface area contributed by atoms with Crippen LogP contribution < -0.4 is 10.6 Å². The van der Waals surface area contributed by atoms with Gasteiger partial charge in [-0.1, -0.05) is 24.6 Å². The van der Waals surface area contributed by atoms with Crippen LogP contribution in [0, 0.1) is 0 Å². The third kappa shape index (κ3) is 4.85. The Balaban J connectivity index is 1.51. The number of nitrogens with zero attached hydrogens (tertiary/aromatic N) is 2. The molecule has 0 spiro atoms. The van der Waals surface area contributed by atoms with Crippen LogP contribution in [0.3, 0.4) is 0 Å². The van der Waals surface area contributed by atoms with E-state index < -0.39 is 0 Å². The summed E-state index contributed by atoms with van der Waals surface area (Å²) in [6, 6.07) is 7.59. The van der Waals surface area contributed by atoms with Gasteiger partial charge in [0, 0.05) is 36.7 Å². The number of thioether (sulfide) groups is 1. The van der Waals surface area contributed by atoms with Gasteiger partial charge in [0.25, 0.3) is 0 Å². The Morgan fingerprint density at radius 2 is 1.80 bits per heavy atom. The molecule has 0 bridgehead atoms. The Morgan fingerprint density at radius 1 is 1.16 bits per heavy atom. The van der Waals surface area contributed by atoms with Crippen LogP contribution in [0.25, 0.3) is 0 Å². The number of hydrogen-bond donors (Lipinski definition) is 2. The van der Waals surface area contributed by atoms with Crippen molar-refractivity contribution < 1.29 is 9.59 Å². The fraction of sp³-hybridized carbons (Fsp3) is 0.389. The van der Waals surface area contributed by atoms with Crippen LogP contribution in [-0.4, -0.2) is 27.1 Å². The summed E-state index contributed by atoms with van der Waals surface area (Å²) in [5.41, 5.74) is 1.41. The van der Waals surface area contributed by atoms with E-state index in [1.54, 1.807) is 30.5 Å². The number of carbonyl (C=O) groups is 2. The quantitative estimate of drug-likeness (QED) is 0.772. The molecule has 0 saturated heterocycles. The van der Waals surface area contributed by atoms with Gasteiger partial charge in [-0.25, -0.2) is 4.98 Å². The first-order valence-corrected chi connectivity index (χ1v) is 9.43. The van der Waals surface area contributed by atoms with Crippen LogP contribution in [0.1, 0.15) is 38.6 Å². The molecule has 1 saturated carbocycles. The number of hydrogen-bond acceptors (Lipinski definition) is 4. The molecule has 7 heteroatoms. The zero-order valence-electron chi connectivity index (χ0n) is 14.2. The van der Waals surface area contributed by atoms with Crippen molar-refractivity contribution >= 4 is 35.0 Å². The first-order chi connectivity index (χ1) is 12.1. The largest absolute Gasteiger partial charge is 0.326 e. The number of benzene rings is 1. The third-order valence-corrected chi connectivity index (χ3v) is 5.15. The number of imidazole rings is 1. The molecule has 1 aliphatic rings. The van der Waals surface area contributed by atoms with Crippen molar-refractivity contribution in [3.63, 3.8) is 0 Å². The zero-order valence-corrected chi connectivity index (χ0v) is 15.0. The summed E-state index contributed by atoms with van der Waals surface area (Å²) in [5, 5.41) is 6.47. The monoisotopic (exact) mass is 358 g/mol. The lowest BCUT2D eigenvalue weighted by Gasteiger charge is -2.14. The van der Waals surface area contributed by atoms with E-state index >= 15 is 0 Å². The van der Waals surface area contributed by atoms with Crippen molar-refractivity contribution in [1.82, 2.24) is 9.55 Å². The van der Waals surface area contributed by atoms with Gasteiger partial charge in [-0.3, -0.25) is 9.59 Å². The Bertz CT molecular complexity index is 736. The molecule has 3 rings (SSSR count). The van der Waals surface area contributed by atoms with Crippen molar-refractivity contribution in [2.75, 3.05) is 16.4 Å². The molecule has 1 fully saturated rings. The van der Waals surface area contributed by atoms with Crippen molar-refractivity contribution in [3.8, 4) is 0 Å². The van der Waals surface area contributed by atoms with E-state index in [2.05, 4.69) is 20.2 Å². The Morgan fingerprint density at radius 3 is 2.44 bits per heavy atom. The highest BCUT2D eigenvalue weighted by atomic mass is 32.2. The molecule has 0 atom stereocenters. The second-order valence-corrected chi connectivity index (χ2v) is 7.09. The van der Waals surface area contributed by atoms with Crippen molar-refractivity contribution in [1.29, 1.82) is 0 Å². The molecule has 0 radical (unpaired) electrons. The van der Waals surface area contributed by atoms with E-state index in [4.69, 9.17) is 0 Å². The Hall–Kier alpha value is -2.28. The minimum absolute atomic E-state index is 0.0711. The predicted octanol–water partition coefficient (Wildman–Crippen LogP) is 3.69. The molecule has 1 aromatic heterocycles. The molecule has 0 unspecified atom stereocenters. The maximum absolute atomic E-state index is 12.2. The smallest absolute Gasteiger partial charge is 0.234 e. The lowest BCUT2D eigenvalue weighted by molar-refractivity contribution is -0.114. The van der Waals surface area contributed by atoms with Crippen LogP contribution in [0.5, 0.6) is 0 Å².